The molecule has 0 N–H and O–H groups in total. The third-order valence-electron chi connectivity index (χ3n) is 10.1. The highest BCUT2D eigenvalue weighted by atomic mass is 16.6. The molecule has 3 saturated heterocycles. The van der Waals surface area contributed by atoms with E-state index >= 15 is 0 Å². The van der Waals surface area contributed by atoms with E-state index in [1.54, 1.807) is 11.2 Å². The summed E-state index contributed by atoms with van der Waals surface area (Å²) in [6.45, 7) is 17.9. The third-order valence-corrected chi connectivity index (χ3v) is 10.1. The zero-order valence-electron chi connectivity index (χ0n) is 26.5. The average molecular weight is 595 g/mol. The number of rotatable bonds is 9. The van der Waals surface area contributed by atoms with Gasteiger partial charge in [-0.2, -0.15) is 0 Å². The predicted molar refractivity (Wildman–Crippen MR) is 175 cm³/mol. The number of cyclic esters (lactones) is 1. The molecule has 0 radical (unpaired) electrons. The zero-order valence-corrected chi connectivity index (χ0v) is 26.5. The molecule has 3 aliphatic rings. The Labute approximate surface area is 262 Å². The Morgan fingerprint density at radius 1 is 0.932 bits per heavy atom. The van der Waals surface area contributed by atoms with Crippen molar-refractivity contribution in [3.63, 3.8) is 0 Å². The van der Waals surface area contributed by atoms with E-state index in [1.807, 2.05) is 0 Å². The summed E-state index contributed by atoms with van der Waals surface area (Å²) in [7, 11) is 0. The number of piperidine rings is 2. The van der Waals surface area contributed by atoms with Crippen LogP contribution in [0.2, 0.25) is 0 Å². The van der Waals surface area contributed by atoms with Crippen molar-refractivity contribution in [1.82, 2.24) is 24.7 Å². The molecule has 6 rings (SSSR count). The Balaban J connectivity index is 1.10. The molecule has 0 saturated carbocycles. The van der Waals surface area contributed by atoms with Crippen LogP contribution in [0.15, 0.2) is 67.5 Å². The van der Waals surface area contributed by atoms with E-state index in [-0.39, 0.29) is 11.6 Å². The molecule has 0 unspecified atom stereocenters. The molecule has 4 heterocycles. The van der Waals surface area contributed by atoms with Crippen molar-refractivity contribution in [3.8, 4) is 0 Å². The van der Waals surface area contributed by atoms with Crippen LogP contribution in [0.4, 0.5) is 10.5 Å². The number of hydrogen-bond donors (Lipinski definition) is 0. The topological polar surface area (TPSA) is 65.0 Å². The van der Waals surface area contributed by atoms with Gasteiger partial charge in [0, 0.05) is 67.8 Å². The summed E-state index contributed by atoms with van der Waals surface area (Å²) in [4.78, 5) is 30.3. The molecule has 0 bridgehead atoms. The van der Waals surface area contributed by atoms with Crippen molar-refractivity contribution in [2.24, 2.45) is 0 Å². The van der Waals surface area contributed by atoms with Gasteiger partial charge in [-0.1, -0.05) is 49.0 Å². The van der Waals surface area contributed by atoms with Gasteiger partial charge in [-0.05, 0) is 69.7 Å². The fourth-order valence-corrected chi connectivity index (χ4v) is 7.25. The lowest BCUT2D eigenvalue weighted by atomic mass is 9.85. The van der Waals surface area contributed by atoms with Crippen LogP contribution >= 0.6 is 0 Å². The molecule has 0 spiro atoms. The number of carbonyl (C=O) groups excluding carboxylic acids is 1. The molecule has 1 amide bonds. The maximum atomic E-state index is 11.9. The Morgan fingerprint density at radius 3 is 2.20 bits per heavy atom. The van der Waals surface area contributed by atoms with E-state index < -0.39 is 0 Å². The fourth-order valence-electron chi connectivity index (χ4n) is 7.25. The van der Waals surface area contributed by atoms with Crippen molar-refractivity contribution in [3.05, 3.63) is 95.6 Å². The van der Waals surface area contributed by atoms with Gasteiger partial charge >= 0.3 is 6.09 Å². The lowest BCUT2D eigenvalue weighted by Gasteiger charge is -2.51. The van der Waals surface area contributed by atoms with E-state index in [2.05, 4.69) is 107 Å². The van der Waals surface area contributed by atoms with Crippen LogP contribution in [0.5, 0.6) is 0 Å². The number of anilines is 1. The summed E-state index contributed by atoms with van der Waals surface area (Å²) in [5, 5.41) is 0. The van der Waals surface area contributed by atoms with Gasteiger partial charge in [-0.15, -0.1) is 0 Å². The van der Waals surface area contributed by atoms with Crippen molar-refractivity contribution < 1.29 is 9.53 Å². The van der Waals surface area contributed by atoms with Gasteiger partial charge in [0.2, 0.25) is 0 Å². The number of carbonyl (C=O) groups is 1. The molecule has 8 heteroatoms. The lowest BCUT2D eigenvalue weighted by molar-refractivity contribution is 0.0298. The molecule has 2 aromatic carbocycles. The first-order valence-corrected chi connectivity index (χ1v) is 16.1. The van der Waals surface area contributed by atoms with E-state index in [0.717, 1.165) is 86.6 Å². The van der Waals surface area contributed by atoms with Gasteiger partial charge in [0.1, 0.15) is 12.9 Å². The summed E-state index contributed by atoms with van der Waals surface area (Å²) in [5.74, 6) is 0. The molecule has 0 aliphatic carbocycles. The summed E-state index contributed by atoms with van der Waals surface area (Å²) < 4.78 is 5.11. The highest BCUT2D eigenvalue weighted by Crippen LogP contribution is 2.36. The van der Waals surface area contributed by atoms with Gasteiger partial charge < -0.3 is 19.4 Å². The molecular formula is C36H46N6O2. The molecule has 8 nitrogen and oxygen atoms in total. The molecule has 3 aliphatic heterocycles. The van der Waals surface area contributed by atoms with Crippen LogP contribution in [0.25, 0.3) is 5.70 Å². The number of ether oxygens (including phenoxy) is 1. The number of aromatic nitrogens is 2. The normalized spacial score (nSPS) is 19.2. The quantitative estimate of drug-likeness (QED) is 0.299. The number of nitrogens with zero attached hydrogens (tertiary/aromatic N) is 6. The number of hydrogen-bond acceptors (Lipinski definition) is 7. The molecule has 44 heavy (non-hydrogen) atoms. The largest absolute Gasteiger partial charge is 0.448 e. The van der Waals surface area contributed by atoms with Crippen molar-refractivity contribution in [2.45, 2.75) is 71.1 Å². The Bertz CT molecular complexity index is 1420. The van der Waals surface area contributed by atoms with Crippen LogP contribution in [-0.4, -0.2) is 81.7 Å². The minimum atomic E-state index is -0.216. The second-order valence-electron chi connectivity index (χ2n) is 12.9. The van der Waals surface area contributed by atoms with Gasteiger partial charge in [-0.3, -0.25) is 4.90 Å². The highest BCUT2D eigenvalue weighted by Gasteiger charge is 2.39. The van der Waals surface area contributed by atoms with Crippen LogP contribution in [0.1, 0.15) is 60.7 Å². The second-order valence-corrected chi connectivity index (χ2v) is 12.9. The van der Waals surface area contributed by atoms with Crippen LogP contribution < -0.4 is 4.90 Å². The van der Waals surface area contributed by atoms with Crippen molar-refractivity contribution >= 4 is 17.5 Å². The van der Waals surface area contributed by atoms with Gasteiger partial charge in [0.15, 0.2) is 0 Å². The summed E-state index contributed by atoms with van der Waals surface area (Å²) in [6.07, 6.45) is 5.96. The van der Waals surface area contributed by atoms with Gasteiger partial charge in [-0.25, -0.2) is 14.8 Å². The minimum Gasteiger partial charge on any atom is -0.448 e. The molecule has 1 aromatic heterocycles. The molecule has 3 fully saturated rings. The Kier molecular flexibility index (Phi) is 8.89. The lowest BCUT2D eigenvalue weighted by Crippen LogP contribution is -2.57. The number of amides is 1. The summed E-state index contributed by atoms with van der Waals surface area (Å²) >= 11 is 0. The predicted octanol–water partition coefficient (Wildman–Crippen LogP) is 6.04. The zero-order chi connectivity index (χ0) is 30.7. The summed E-state index contributed by atoms with van der Waals surface area (Å²) in [6, 6.07) is 20.1. The van der Waals surface area contributed by atoms with Crippen LogP contribution in [0.3, 0.4) is 0 Å². The van der Waals surface area contributed by atoms with Gasteiger partial charge in [0.25, 0.3) is 0 Å². The van der Waals surface area contributed by atoms with E-state index in [4.69, 9.17) is 4.74 Å². The fraction of sp³-hybridized carbons (Fsp3) is 0.472. The number of aryl methyl sites for hydroxylation is 2. The van der Waals surface area contributed by atoms with Crippen LogP contribution in [-0.2, 0) is 17.8 Å². The van der Waals surface area contributed by atoms with Gasteiger partial charge in [0.05, 0.1) is 17.9 Å². The number of likely N-dealkylation sites (tertiary alicyclic amines) is 2. The maximum Gasteiger partial charge on any atom is 0.410 e. The molecule has 232 valence electrons. The average Bonchev–Trinajstić information content (AvgIpc) is 3.45. The minimum absolute atomic E-state index is 0.196. The Morgan fingerprint density at radius 2 is 1.59 bits per heavy atom. The Hall–Kier alpha value is -3.91. The smallest absolute Gasteiger partial charge is 0.410 e. The highest BCUT2D eigenvalue weighted by molar-refractivity contribution is 5.69. The molecule has 3 aromatic rings. The first-order valence-electron chi connectivity index (χ1n) is 16.1. The number of benzene rings is 2. The van der Waals surface area contributed by atoms with Crippen molar-refractivity contribution in [1.29, 1.82) is 0 Å². The maximum absolute atomic E-state index is 11.9. The van der Waals surface area contributed by atoms with Crippen LogP contribution in [0, 0.1) is 13.8 Å². The molecular weight excluding hydrogens is 548 g/mol. The van der Waals surface area contributed by atoms with E-state index in [9.17, 15) is 4.79 Å². The van der Waals surface area contributed by atoms with E-state index in [0.29, 0.717) is 25.7 Å². The SMILES string of the molecule is C=C(c1c(C)ncnc1C)N1CCC(C)(N2CCC(N(Cc3ccccc3)c3ccc(CN4CCOC4=O)cc3)CC2)CC1. The first-order chi connectivity index (χ1) is 21.3. The van der Waals surface area contributed by atoms with E-state index in [1.165, 1.54) is 11.3 Å². The van der Waals surface area contributed by atoms with Crippen molar-refractivity contribution in [2.75, 3.05) is 44.2 Å². The third kappa shape index (κ3) is 6.46. The first kappa shape index (κ1) is 30.1. The second kappa shape index (κ2) is 13.0. The summed E-state index contributed by atoms with van der Waals surface area (Å²) in [5.41, 5.74) is 8.07. The standard InChI is InChI=1S/C36H46N6O2/c1-27-34(28(2)38-26-37-27)29(3)39-20-16-36(4,17-21-39)41-18-14-33(15-19-41)42(25-30-8-6-5-7-9-30)32-12-10-31(11-13-32)24-40-22-23-44-35(40)43/h5-13,26,33H,3,14-25H2,1-2,4H3. The monoisotopic (exact) mass is 594 g/mol. The molecule has 0 atom stereocenters.